The summed E-state index contributed by atoms with van der Waals surface area (Å²) < 4.78 is 1.98. The second kappa shape index (κ2) is 6.30. The van der Waals surface area contributed by atoms with E-state index in [1.165, 1.54) is 5.56 Å². The number of imidazole rings is 1. The highest BCUT2D eigenvalue weighted by molar-refractivity contribution is 5.76. The van der Waals surface area contributed by atoms with Crippen LogP contribution in [0.3, 0.4) is 0 Å². The van der Waals surface area contributed by atoms with E-state index >= 15 is 0 Å². The summed E-state index contributed by atoms with van der Waals surface area (Å²) in [7, 11) is 3.99. The van der Waals surface area contributed by atoms with Gasteiger partial charge in [0, 0.05) is 20.1 Å². The largest absolute Gasteiger partial charge is 0.387 e. The van der Waals surface area contributed by atoms with Gasteiger partial charge < -0.3 is 9.67 Å². The third kappa shape index (κ3) is 3.18. The molecule has 0 amide bonds. The first-order valence-electron chi connectivity index (χ1n) is 7.45. The average molecular weight is 295 g/mol. The molecule has 1 atom stereocenters. The van der Waals surface area contributed by atoms with Gasteiger partial charge in [-0.1, -0.05) is 36.4 Å². The molecule has 0 bridgehead atoms. The first-order chi connectivity index (χ1) is 10.6. The zero-order valence-electron chi connectivity index (χ0n) is 13.0. The Morgan fingerprint density at radius 2 is 1.95 bits per heavy atom. The number of aliphatic hydroxyl groups excluding tert-OH is 1. The Kier molecular flexibility index (Phi) is 4.22. The van der Waals surface area contributed by atoms with Gasteiger partial charge in [0.2, 0.25) is 0 Å². The highest BCUT2D eigenvalue weighted by atomic mass is 16.3. The van der Waals surface area contributed by atoms with Crippen molar-refractivity contribution in [3.8, 4) is 0 Å². The molecule has 1 aromatic heterocycles. The molecule has 4 heteroatoms. The predicted molar refractivity (Wildman–Crippen MR) is 88.4 cm³/mol. The second-order valence-electron chi connectivity index (χ2n) is 5.80. The van der Waals surface area contributed by atoms with E-state index in [-0.39, 0.29) is 0 Å². The summed E-state index contributed by atoms with van der Waals surface area (Å²) in [6.07, 6.45) is 1.28. The lowest BCUT2D eigenvalue weighted by molar-refractivity contribution is 0.124. The van der Waals surface area contributed by atoms with Gasteiger partial charge >= 0.3 is 0 Å². The normalized spacial score (nSPS) is 12.9. The Balaban J connectivity index is 1.68. The molecule has 0 aliphatic carbocycles. The standard InChI is InChI=1S/C18H21N3O/c1-20(11-14-6-4-3-5-7-14)12-18(22)15-8-9-17-16(10-15)19-13-21(17)2/h3-10,13,18,22H,11-12H2,1-2H3. The van der Waals surface area contributed by atoms with Gasteiger partial charge in [-0.05, 0) is 30.3 Å². The number of hydrogen-bond acceptors (Lipinski definition) is 3. The van der Waals surface area contributed by atoms with Crippen molar-refractivity contribution < 1.29 is 5.11 Å². The van der Waals surface area contributed by atoms with Crippen LogP contribution in [-0.2, 0) is 13.6 Å². The van der Waals surface area contributed by atoms with Gasteiger partial charge in [-0.2, -0.15) is 0 Å². The molecular formula is C18H21N3O. The number of benzene rings is 2. The first-order valence-corrected chi connectivity index (χ1v) is 7.45. The van der Waals surface area contributed by atoms with Crippen molar-refractivity contribution >= 4 is 11.0 Å². The summed E-state index contributed by atoms with van der Waals surface area (Å²) in [5, 5.41) is 10.5. The number of fused-ring (bicyclic) bond motifs is 1. The lowest BCUT2D eigenvalue weighted by Gasteiger charge is -2.21. The van der Waals surface area contributed by atoms with Crippen molar-refractivity contribution in [1.82, 2.24) is 14.5 Å². The Morgan fingerprint density at radius 3 is 2.73 bits per heavy atom. The van der Waals surface area contributed by atoms with Gasteiger partial charge in [-0.15, -0.1) is 0 Å². The van der Waals surface area contributed by atoms with Crippen LogP contribution in [0.1, 0.15) is 17.2 Å². The maximum atomic E-state index is 10.5. The molecule has 0 fully saturated rings. The molecule has 0 saturated carbocycles. The van der Waals surface area contributed by atoms with Gasteiger partial charge in [-0.3, -0.25) is 4.90 Å². The zero-order valence-corrected chi connectivity index (χ0v) is 13.0. The Morgan fingerprint density at radius 1 is 1.18 bits per heavy atom. The van der Waals surface area contributed by atoms with Crippen LogP contribution in [-0.4, -0.2) is 33.1 Å². The smallest absolute Gasteiger partial charge is 0.0955 e. The molecular weight excluding hydrogens is 274 g/mol. The number of hydrogen-bond donors (Lipinski definition) is 1. The number of rotatable bonds is 5. The van der Waals surface area contributed by atoms with Gasteiger partial charge in [-0.25, -0.2) is 4.98 Å². The van der Waals surface area contributed by atoms with Gasteiger partial charge in [0.15, 0.2) is 0 Å². The maximum absolute atomic E-state index is 10.5. The molecule has 2 aromatic carbocycles. The van der Waals surface area contributed by atoms with Gasteiger partial charge in [0.05, 0.1) is 23.5 Å². The molecule has 114 valence electrons. The molecule has 1 heterocycles. The van der Waals surface area contributed by atoms with E-state index in [2.05, 4.69) is 22.0 Å². The number of aromatic nitrogens is 2. The summed E-state index contributed by atoms with van der Waals surface area (Å²) >= 11 is 0. The molecule has 3 aromatic rings. The minimum absolute atomic E-state index is 0.514. The topological polar surface area (TPSA) is 41.3 Å². The van der Waals surface area contributed by atoms with Crippen molar-refractivity contribution in [1.29, 1.82) is 0 Å². The zero-order chi connectivity index (χ0) is 15.5. The van der Waals surface area contributed by atoms with Crippen LogP contribution in [0.15, 0.2) is 54.9 Å². The molecule has 1 unspecified atom stereocenters. The summed E-state index contributed by atoms with van der Waals surface area (Å²) in [4.78, 5) is 6.47. The first kappa shape index (κ1) is 14.8. The third-order valence-electron chi connectivity index (χ3n) is 3.91. The van der Waals surface area contributed by atoms with E-state index in [0.29, 0.717) is 6.54 Å². The fraction of sp³-hybridized carbons (Fsp3) is 0.278. The maximum Gasteiger partial charge on any atom is 0.0955 e. The number of aryl methyl sites for hydroxylation is 1. The van der Waals surface area contributed by atoms with Crippen LogP contribution in [0.5, 0.6) is 0 Å². The second-order valence-corrected chi connectivity index (χ2v) is 5.80. The van der Waals surface area contributed by atoms with Gasteiger partial charge in [0.25, 0.3) is 0 Å². The highest BCUT2D eigenvalue weighted by Crippen LogP contribution is 2.20. The van der Waals surface area contributed by atoms with E-state index in [4.69, 9.17) is 0 Å². The molecule has 0 aliphatic rings. The van der Waals surface area contributed by atoms with E-state index in [1.54, 1.807) is 6.33 Å². The highest BCUT2D eigenvalue weighted by Gasteiger charge is 2.12. The predicted octanol–water partition coefficient (Wildman–Crippen LogP) is 2.74. The molecule has 0 spiro atoms. The van der Waals surface area contributed by atoms with Crippen molar-refractivity contribution in [2.45, 2.75) is 12.6 Å². The summed E-state index contributed by atoms with van der Waals surface area (Å²) in [5.74, 6) is 0. The van der Waals surface area contributed by atoms with Crippen LogP contribution < -0.4 is 0 Å². The number of nitrogens with zero attached hydrogens (tertiary/aromatic N) is 3. The molecule has 1 N–H and O–H groups in total. The number of aliphatic hydroxyl groups is 1. The van der Waals surface area contributed by atoms with Crippen LogP contribution >= 0.6 is 0 Å². The van der Waals surface area contributed by atoms with Crippen molar-refractivity contribution in [2.24, 2.45) is 7.05 Å². The minimum atomic E-state index is -0.514. The molecule has 0 saturated heterocycles. The van der Waals surface area contributed by atoms with E-state index < -0.39 is 6.10 Å². The molecule has 0 radical (unpaired) electrons. The lowest BCUT2D eigenvalue weighted by Crippen LogP contribution is -2.24. The molecule has 3 rings (SSSR count). The fourth-order valence-corrected chi connectivity index (χ4v) is 2.72. The number of likely N-dealkylation sites (N-methyl/N-ethyl adjacent to an activating group) is 1. The third-order valence-corrected chi connectivity index (χ3v) is 3.91. The quantitative estimate of drug-likeness (QED) is 0.787. The lowest BCUT2D eigenvalue weighted by atomic mass is 10.1. The van der Waals surface area contributed by atoms with E-state index in [9.17, 15) is 5.11 Å². The van der Waals surface area contributed by atoms with E-state index in [0.717, 1.165) is 23.1 Å². The average Bonchev–Trinajstić information content (AvgIpc) is 2.89. The minimum Gasteiger partial charge on any atom is -0.387 e. The van der Waals surface area contributed by atoms with Crippen LogP contribution in [0.4, 0.5) is 0 Å². The van der Waals surface area contributed by atoms with Crippen LogP contribution in [0.25, 0.3) is 11.0 Å². The molecule has 4 nitrogen and oxygen atoms in total. The van der Waals surface area contributed by atoms with Crippen molar-refractivity contribution in [3.63, 3.8) is 0 Å². The van der Waals surface area contributed by atoms with Gasteiger partial charge in [0.1, 0.15) is 0 Å². The molecule has 22 heavy (non-hydrogen) atoms. The Hall–Kier alpha value is -2.17. The fourth-order valence-electron chi connectivity index (χ4n) is 2.72. The summed E-state index contributed by atoms with van der Waals surface area (Å²) in [5.41, 5.74) is 4.15. The van der Waals surface area contributed by atoms with E-state index in [1.807, 2.05) is 55.1 Å². The van der Waals surface area contributed by atoms with Crippen LogP contribution in [0.2, 0.25) is 0 Å². The summed E-state index contributed by atoms with van der Waals surface area (Å²) in [6, 6.07) is 16.2. The van der Waals surface area contributed by atoms with Crippen molar-refractivity contribution in [2.75, 3.05) is 13.6 Å². The molecule has 0 aliphatic heterocycles. The van der Waals surface area contributed by atoms with Crippen LogP contribution in [0, 0.1) is 0 Å². The summed E-state index contributed by atoms with van der Waals surface area (Å²) in [6.45, 7) is 1.41. The van der Waals surface area contributed by atoms with Crippen molar-refractivity contribution in [3.05, 3.63) is 66.0 Å². The Labute approximate surface area is 130 Å². The SMILES string of the molecule is CN(Cc1ccccc1)CC(O)c1ccc2c(c1)ncn2C. The Bertz CT molecular complexity index is 751. The monoisotopic (exact) mass is 295 g/mol.